The maximum atomic E-state index is 13.6. The largest absolute Gasteiger partial charge is 1.00 e. The average Bonchev–Trinajstić information content (AvgIpc) is 3.33. The topological polar surface area (TPSA) is 80.8 Å². The second kappa shape index (κ2) is 11.4. The van der Waals surface area contributed by atoms with E-state index in [0.717, 1.165) is 17.4 Å². The number of aliphatic carboxylic acids is 1. The molecule has 2 aliphatic rings. The van der Waals surface area contributed by atoms with Gasteiger partial charge in [-0.3, -0.25) is 0 Å². The molecule has 2 aliphatic heterocycles. The molecule has 2 amide bonds. The van der Waals surface area contributed by atoms with Gasteiger partial charge in [-0.15, -0.1) is 11.8 Å². The molecule has 0 bridgehead atoms. The van der Waals surface area contributed by atoms with Crippen molar-refractivity contribution < 1.29 is 49.0 Å². The molecule has 2 saturated heterocycles. The molecule has 4 rings (SSSR count). The van der Waals surface area contributed by atoms with Gasteiger partial charge >= 0.3 is 35.6 Å². The molecule has 0 N–H and O–H groups in total. The Kier molecular flexibility index (Phi) is 8.82. The van der Waals surface area contributed by atoms with Gasteiger partial charge in [-0.05, 0) is 24.0 Å². The number of fused-ring (bicyclic) bond motifs is 1. The first kappa shape index (κ1) is 24.8. The number of rotatable bonds is 9. The summed E-state index contributed by atoms with van der Waals surface area (Å²) in [5.74, 6) is -1.31. The van der Waals surface area contributed by atoms with Crippen LogP contribution in [-0.2, 0) is 16.1 Å². The quantitative estimate of drug-likeness (QED) is 0.295. The molecular formula is C24H25N2NaO4S. The van der Waals surface area contributed by atoms with Crippen molar-refractivity contribution in [1.29, 1.82) is 0 Å². The Balaban J connectivity index is 0.00000289. The van der Waals surface area contributed by atoms with Crippen LogP contribution in [0, 0.1) is 5.92 Å². The van der Waals surface area contributed by atoms with Crippen LogP contribution in [0.25, 0.3) is 0 Å². The molecule has 8 heteroatoms. The third kappa shape index (κ3) is 5.06. The monoisotopic (exact) mass is 460 g/mol. The summed E-state index contributed by atoms with van der Waals surface area (Å²) in [5, 5.41) is 12.0. The van der Waals surface area contributed by atoms with E-state index in [0.29, 0.717) is 31.6 Å². The first-order chi connectivity index (χ1) is 15.1. The second-order valence-corrected chi connectivity index (χ2v) is 9.09. The normalized spacial score (nSPS) is 22.9. The molecule has 0 spiro atoms. The average molecular weight is 461 g/mol. The number of carbonyl (C=O) groups excluding carboxylic acids is 3. The van der Waals surface area contributed by atoms with Crippen LogP contribution in [0.5, 0.6) is 0 Å². The third-order valence-electron chi connectivity index (χ3n) is 6.09. The molecule has 4 atom stereocenters. The fraction of sp³-hybridized carbons (Fsp3) is 0.375. The number of aldehydes is 1. The van der Waals surface area contributed by atoms with Crippen molar-refractivity contribution in [3.05, 3.63) is 71.8 Å². The number of unbranched alkanes of at least 4 members (excludes halogenated alkanes) is 1. The summed E-state index contributed by atoms with van der Waals surface area (Å²) in [4.78, 5) is 40.1. The molecular weight excluding hydrogens is 435 g/mol. The van der Waals surface area contributed by atoms with Crippen LogP contribution in [0.1, 0.15) is 35.8 Å². The number of benzene rings is 2. The second-order valence-electron chi connectivity index (χ2n) is 7.98. The first-order valence-electron chi connectivity index (χ1n) is 10.6. The van der Waals surface area contributed by atoms with Crippen molar-refractivity contribution in [2.75, 3.05) is 5.75 Å². The van der Waals surface area contributed by atoms with Gasteiger partial charge in [-0.25, -0.2) is 4.79 Å². The van der Waals surface area contributed by atoms with Crippen molar-refractivity contribution in [3.8, 4) is 0 Å². The number of urea groups is 1. The first-order valence-corrected chi connectivity index (χ1v) is 11.6. The van der Waals surface area contributed by atoms with Crippen molar-refractivity contribution in [2.45, 2.75) is 43.3 Å². The van der Waals surface area contributed by atoms with E-state index in [9.17, 15) is 19.5 Å². The summed E-state index contributed by atoms with van der Waals surface area (Å²) in [6, 6.07) is 18.6. The van der Waals surface area contributed by atoms with Crippen molar-refractivity contribution in [1.82, 2.24) is 9.80 Å². The SMILES string of the molecule is O=CCCCC(C(=O)[O-])C1[C@@H]2CS[C@@H](c3ccccc3)N2C(=O)N1Cc1ccccc1.[Na+]. The Hall–Kier alpha value is -1.80. The minimum absolute atomic E-state index is 0. The molecule has 2 fully saturated rings. The molecule has 0 saturated carbocycles. The molecule has 0 aliphatic carbocycles. The number of carbonyl (C=O) groups is 3. The van der Waals surface area contributed by atoms with Crippen molar-refractivity contribution in [3.63, 3.8) is 0 Å². The van der Waals surface area contributed by atoms with Gasteiger partial charge in [0.25, 0.3) is 0 Å². The minimum Gasteiger partial charge on any atom is -0.550 e. The number of amides is 2. The zero-order valence-corrected chi connectivity index (χ0v) is 20.9. The molecule has 6 nitrogen and oxygen atoms in total. The summed E-state index contributed by atoms with van der Waals surface area (Å²) in [7, 11) is 0. The Morgan fingerprint density at radius 3 is 2.41 bits per heavy atom. The van der Waals surface area contributed by atoms with E-state index in [4.69, 9.17) is 0 Å². The molecule has 2 aromatic rings. The van der Waals surface area contributed by atoms with E-state index in [1.165, 1.54) is 0 Å². The van der Waals surface area contributed by atoms with E-state index >= 15 is 0 Å². The minimum atomic E-state index is -1.16. The standard InChI is InChI=1S/C24H26N2O4S.Na/c27-14-8-7-13-19(23(28)29)21-20-16-31-22(18-11-5-2-6-12-18)26(20)24(30)25(21)15-17-9-3-1-4-10-17;/h1-6,9-12,14,19-22H,7-8,13,15-16H2,(H,28,29);/q;+1/p-1/t19?,20-,21?,22-;/m0./s1. The number of thioether (sulfide) groups is 1. The van der Waals surface area contributed by atoms with Crippen LogP contribution >= 0.6 is 11.8 Å². The van der Waals surface area contributed by atoms with Gasteiger partial charge in [-0.1, -0.05) is 60.7 Å². The third-order valence-corrected chi connectivity index (χ3v) is 7.44. The summed E-state index contributed by atoms with van der Waals surface area (Å²) < 4.78 is 0. The van der Waals surface area contributed by atoms with E-state index in [1.54, 1.807) is 16.7 Å². The fourth-order valence-electron chi connectivity index (χ4n) is 4.68. The summed E-state index contributed by atoms with van der Waals surface area (Å²) >= 11 is 1.67. The van der Waals surface area contributed by atoms with E-state index in [-0.39, 0.29) is 47.0 Å². The van der Waals surface area contributed by atoms with Gasteiger partial charge in [0, 0.05) is 30.6 Å². The molecule has 2 heterocycles. The number of nitrogens with zero attached hydrogens (tertiary/aromatic N) is 2. The molecule has 0 aromatic heterocycles. The van der Waals surface area contributed by atoms with E-state index in [2.05, 4.69) is 0 Å². The smallest absolute Gasteiger partial charge is 0.550 e. The van der Waals surface area contributed by atoms with E-state index in [1.807, 2.05) is 65.6 Å². The van der Waals surface area contributed by atoms with Crippen molar-refractivity contribution >= 4 is 30.0 Å². The van der Waals surface area contributed by atoms with Crippen LogP contribution in [0.4, 0.5) is 4.79 Å². The van der Waals surface area contributed by atoms with Crippen LogP contribution in [0.15, 0.2) is 60.7 Å². The summed E-state index contributed by atoms with van der Waals surface area (Å²) in [5.41, 5.74) is 1.99. The van der Waals surface area contributed by atoms with Gasteiger partial charge in [0.2, 0.25) is 0 Å². The number of carboxylic acids is 1. The zero-order valence-electron chi connectivity index (χ0n) is 18.1. The predicted molar refractivity (Wildman–Crippen MR) is 117 cm³/mol. The van der Waals surface area contributed by atoms with Crippen molar-refractivity contribution in [2.24, 2.45) is 5.92 Å². The van der Waals surface area contributed by atoms with Crippen LogP contribution in [-0.4, -0.2) is 45.9 Å². The zero-order chi connectivity index (χ0) is 21.8. The Bertz CT molecular complexity index is 930. The van der Waals surface area contributed by atoms with Crippen LogP contribution < -0.4 is 34.7 Å². The number of carboxylic acid groups (broad SMARTS) is 1. The van der Waals surface area contributed by atoms with Gasteiger partial charge in [0.15, 0.2) is 0 Å². The molecule has 0 radical (unpaired) electrons. The molecule has 2 unspecified atom stereocenters. The van der Waals surface area contributed by atoms with Gasteiger partial charge in [-0.2, -0.15) is 0 Å². The summed E-state index contributed by atoms with van der Waals surface area (Å²) in [6.07, 6.45) is 1.89. The summed E-state index contributed by atoms with van der Waals surface area (Å²) in [6.45, 7) is 0.348. The fourth-order valence-corrected chi connectivity index (χ4v) is 6.17. The maximum Gasteiger partial charge on any atom is 1.00 e. The Labute approximate surface area is 214 Å². The Morgan fingerprint density at radius 2 is 1.78 bits per heavy atom. The van der Waals surface area contributed by atoms with E-state index < -0.39 is 17.9 Å². The van der Waals surface area contributed by atoms with Crippen LogP contribution in [0.2, 0.25) is 0 Å². The number of hydrogen-bond acceptors (Lipinski definition) is 5. The Morgan fingerprint density at radius 1 is 1.12 bits per heavy atom. The molecule has 162 valence electrons. The molecule has 2 aromatic carbocycles. The van der Waals surface area contributed by atoms with Gasteiger partial charge < -0.3 is 24.5 Å². The van der Waals surface area contributed by atoms with Gasteiger partial charge in [0.1, 0.15) is 11.7 Å². The number of hydrogen-bond donors (Lipinski definition) is 0. The van der Waals surface area contributed by atoms with Gasteiger partial charge in [0.05, 0.1) is 12.1 Å². The maximum absolute atomic E-state index is 13.6. The van der Waals surface area contributed by atoms with Crippen LogP contribution in [0.3, 0.4) is 0 Å². The molecule has 32 heavy (non-hydrogen) atoms. The predicted octanol–water partition coefficient (Wildman–Crippen LogP) is -0.154.